The molecule has 2 N–H and O–H groups in total. The number of halogens is 1. The zero-order chi connectivity index (χ0) is 20.1. The van der Waals surface area contributed by atoms with Gasteiger partial charge in [-0.15, -0.1) is 5.10 Å². The van der Waals surface area contributed by atoms with Gasteiger partial charge in [0.2, 0.25) is 0 Å². The summed E-state index contributed by atoms with van der Waals surface area (Å²) >= 11 is 6.17. The molecule has 3 aromatic carbocycles. The van der Waals surface area contributed by atoms with E-state index in [-0.39, 0.29) is 11.9 Å². The normalized spacial score (nSPS) is 10.4. The minimum Gasteiger partial charge on any atom is -0.455 e. The molecule has 0 atom stereocenters. The molecule has 0 unspecified atom stereocenters. The van der Waals surface area contributed by atoms with Gasteiger partial charge in [0.1, 0.15) is 11.5 Å². The van der Waals surface area contributed by atoms with Gasteiger partial charge in [0.15, 0.2) is 0 Å². The number of ether oxygens (including phenoxy) is 1. The van der Waals surface area contributed by atoms with Gasteiger partial charge in [0, 0.05) is 5.69 Å². The van der Waals surface area contributed by atoms with Crippen molar-refractivity contribution < 1.29 is 13.9 Å². The van der Waals surface area contributed by atoms with Crippen LogP contribution in [-0.2, 0) is 0 Å². The molecule has 0 bridgehead atoms. The van der Waals surface area contributed by atoms with Crippen LogP contribution in [0.2, 0.25) is 5.02 Å². The fourth-order valence-corrected chi connectivity index (χ4v) is 2.72. The number of hydrogen-bond donors (Lipinski definition) is 2. The third-order valence-corrected chi connectivity index (χ3v) is 4.16. The summed E-state index contributed by atoms with van der Waals surface area (Å²) in [4.78, 5) is 12.1. The zero-order valence-electron chi connectivity index (χ0n) is 15.0. The number of carbonyl (C=O) groups excluding carboxylic acids is 1. The van der Waals surface area contributed by atoms with Gasteiger partial charge in [-0.2, -0.15) is 0 Å². The van der Waals surface area contributed by atoms with Crippen molar-refractivity contribution in [2.45, 2.75) is 0 Å². The number of urea groups is 1. The number of anilines is 2. The molecule has 144 valence electrons. The molecule has 0 saturated carbocycles. The Morgan fingerprint density at radius 1 is 0.828 bits per heavy atom. The molecule has 8 heteroatoms. The highest BCUT2D eigenvalue weighted by atomic mass is 35.5. The standard InChI is InChI=1S/C21H15ClN4O3/c22-16-11-5-7-13-18(16)28-17-12-6-4-10-15(17)19-25-26-21(29-19)24-20(27)23-14-8-2-1-3-9-14/h1-13H,(H2,23,24,26,27). The Hall–Kier alpha value is -3.84. The topological polar surface area (TPSA) is 89.3 Å². The molecular weight excluding hydrogens is 392 g/mol. The van der Waals surface area contributed by atoms with Crippen molar-refractivity contribution in [1.29, 1.82) is 0 Å². The molecule has 0 radical (unpaired) electrons. The average molecular weight is 407 g/mol. The summed E-state index contributed by atoms with van der Waals surface area (Å²) < 4.78 is 11.5. The van der Waals surface area contributed by atoms with Crippen molar-refractivity contribution >= 4 is 29.3 Å². The SMILES string of the molecule is O=C(Nc1ccccc1)Nc1nnc(-c2ccccc2Oc2ccccc2Cl)o1. The molecule has 0 aliphatic rings. The molecule has 4 rings (SSSR count). The minimum atomic E-state index is -0.494. The number of carbonyl (C=O) groups is 1. The highest BCUT2D eigenvalue weighted by Crippen LogP contribution is 2.35. The van der Waals surface area contributed by atoms with E-state index in [9.17, 15) is 4.79 Å². The van der Waals surface area contributed by atoms with Crippen molar-refractivity contribution in [2.75, 3.05) is 10.6 Å². The first-order chi connectivity index (χ1) is 14.2. The molecule has 0 fully saturated rings. The van der Waals surface area contributed by atoms with E-state index >= 15 is 0 Å². The highest BCUT2D eigenvalue weighted by molar-refractivity contribution is 6.32. The second kappa shape index (κ2) is 8.45. The molecule has 29 heavy (non-hydrogen) atoms. The molecule has 0 aliphatic carbocycles. The van der Waals surface area contributed by atoms with Gasteiger partial charge in [-0.05, 0) is 36.4 Å². The summed E-state index contributed by atoms with van der Waals surface area (Å²) in [5.41, 5.74) is 1.21. The summed E-state index contributed by atoms with van der Waals surface area (Å²) in [7, 11) is 0. The monoisotopic (exact) mass is 406 g/mol. The van der Waals surface area contributed by atoms with Gasteiger partial charge in [0.25, 0.3) is 5.89 Å². The third kappa shape index (κ3) is 4.53. The smallest absolute Gasteiger partial charge is 0.327 e. The highest BCUT2D eigenvalue weighted by Gasteiger charge is 2.16. The van der Waals surface area contributed by atoms with Crippen LogP contribution in [0.4, 0.5) is 16.5 Å². The van der Waals surface area contributed by atoms with E-state index in [1.54, 1.807) is 36.4 Å². The van der Waals surface area contributed by atoms with Gasteiger partial charge >= 0.3 is 12.0 Å². The molecule has 4 aromatic rings. The minimum absolute atomic E-state index is 0.0408. The molecule has 7 nitrogen and oxygen atoms in total. The van der Waals surface area contributed by atoms with E-state index in [1.165, 1.54) is 0 Å². The maximum absolute atomic E-state index is 12.1. The number of benzene rings is 3. The van der Waals surface area contributed by atoms with Crippen molar-refractivity contribution in [1.82, 2.24) is 10.2 Å². The van der Waals surface area contributed by atoms with Crippen LogP contribution in [0.1, 0.15) is 0 Å². The first kappa shape index (κ1) is 18.5. The van der Waals surface area contributed by atoms with E-state index in [0.717, 1.165) is 0 Å². The Kier molecular flexibility index (Phi) is 5.40. The second-order valence-electron chi connectivity index (χ2n) is 5.89. The van der Waals surface area contributed by atoms with Crippen LogP contribution >= 0.6 is 11.6 Å². The molecule has 1 aromatic heterocycles. The van der Waals surface area contributed by atoms with Crippen LogP contribution in [0.3, 0.4) is 0 Å². The molecule has 1 heterocycles. The number of rotatable bonds is 5. The summed E-state index contributed by atoms with van der Waals surface area (Å²) in [6.45, 7) is 0. The largest absolute Gasteiger partial charge is 0.455 e. The fraction of sp³-hybridized carbons (Fsp3) is 0. The first-order valence-electron chi connectivity index (χ1n) is 8.67. The van der Waals surface area contributed by atoms with Crippen molar-refractivity contribution in [3.8, 4) is 23.0 Å². The Morgan fingerprint density at radius 3 is 2.31 bits per heavy atom. The quantitative estimate of drug-likeness (QED) is 0.435. The molecule has 0 saturated heterocycles. The number of hydrogen-bond acceptors (Lipinski definition) is 5. The van der Waals surface area contributed by atoms with Gasteiger partial charge in [-0.25, -0.2) is 4.79 Å². The summed E-state index contributed by atoms with van der Waals surface area (Å²) in [6.07, 6.45) is 0. The van der Waals surface area contributed by atoms with Crippen LogP contribution in [0.15, 0.2) is 83.3 Å². The van der Waals surface area contributed by atoms with E-state index < -0.39 is 6.03 Å². The molecular formula is C21H15ClN4O3. The number of nitrogens with one attached hydrogen (secondary N) is 2. The van der Waals surface area contributed by atoms with E-state index in [4.69, 9.17) is 20.8 Å². The summed E-state index contributed by atoms with van der Waals surface area (Å²) in [6, 6.07) is 22.8. The second-order valence-corrected chi connectivity index (χ2v) is 6.29. The van der Waals surface area contributed by atoms with Gasteiger partial charge in [-0.3, -0.25) is 5.32 Å². The Morgan fingerprint density at radius 2 is 1.52 bits per heavy atom. The van der Waals surface area contributed by atoms with Crippen molar-refractivity contribution in [2.24, 2.45) is 0 Å². The molecule has 2 amide bonds. The lowest BCUT2D eigenvalue weighted by Gasteiger charge is -2.09. The number of para-hydroxylation sites is 3. The predicted molar refractivity (Wildman–Crippen MR) is 110 cm³/mol. The third-order valence-electron chi connectivity index (χ3n) is 3.85. The number of amides is 2. The van der Waals surface area contributed by atoms with Gasteiger partial charge in [-0.1, -0.05) is 59.2 Å². The van der Waals surface area contributed by atoms with Gasteiger partial charge < -0.3 is 14.5 Å². The van der Waals surface area contributed by atoms with Crippen LogP contribution in [0.25, 0.3) is 11.5 Å². The van der Waals surface area contributed by atoms with E-state index in [2.05, 4.69) is 20.8 Å². The number of aromatic nitrogens is 2. The lowest BCUT2D eigenvalue weighted by Crippen LogP contribution is -2.19. The number of nitrogens with zero attached hydrogens (tertiary/aromatic N) is 2. The van der Waals surface area contributed by atoms with Crippen LogP contribution in [-0.4, -0.2) is 16.2 Å². The first-order valence-corrected chi connectivity index (χ1v) is 9.05. The van der Waals surface area contributed by atoms with Crippen LogP contribution in [0.5, 0.6) is 11.5 Å². The predicted octanol–water partition coefficient (Wildman–Crippen LogP) is 5.83. The summed E-state index contributed by atoms with van der Waals surface area (Å²) in [5, 5.41) is 13.5. The van der Waals surface area contributed by atoms with Crippen LogP contribution in [0, 0.1) is 0 Å². The molecule has 0 aliphatic heterocycles. The average Bonchev–Trinajstić information content (AvgIpc) is 3.19. The lowest BCUT2D eigenvalue weighted by molar-refractivity contribution is 0.261. The van der Waals surface area contributed by atoms with Crippen LogP contribution < -0.4 is 15.4 Å². The Bertz CT molecular complexity index is 1130. The maximum Gasteiger partial charge on any atom is 0.327 e. The Labute approximate surface area is 171 Å². The molecule has 0 spiro atoms. The van der Waals surface area contributed by atoms with E-state index in [0.29, 0.717) is 27.8 Å². The zero-order valence-corrected chi connectivity index (χ0v) is 15.8. The van der Waals surface area contributed by atoms with Crippen molar-refractivity contribution in [3.05, 3.63) is 83.9 Å². The Balaban J connectivity index is 1.51. The van der Waals surface area contributed by atoms with E-state index in [1.807, 2.05) is 42.5 Å². The summed E-state index contributed by atoms with van der Waals surface area (Å²) in [5.74, 6) is 1.19. The van der Waals surface area contributed by atoms with Crippen molar-refractivity contribution in [3.63, 3.8) is 0 Å². The maximum atomic E-state index is 12.1. The fourth-order valence-electron chi connectivity index (χ4n) is 2.54. The lowest BCUT2D eigenvalue weighted by atomic mass is 10.2. The van der Waals surface area contributed by atoms with Gasteiger partial charge in [0.05, 0.1) is 10.6 Å².